The Morgan fingerprint density at radius 1 is 0.607 bits per heavy atom. The molecule has 0 N–H and O–H groups in total. The van der Waals surface area contributed by atoms with Gasteiger partial charge < -0.3 is 9.47 Å². The summed E-state index contributed by atoms with van der Waals surface area (Å²) in [6.45, 7) is 19.0. The fraction of sp³-hybridized carbons (Fsp3) is 0.952. The highest BCUT2D eigenvalue weighted by molar-refractivity contribution is 5.61. The number of hydrogen-bond donors (Lipinski definition) is 0. The Labute approximate surface area is 171 Å². The number of carbonyl (C=O) groups is 1. The first-order valence-corrected chi connectivity index (χ1v) is 10.2. The molecule has 0 saturated heterocycles. The van der Waals surface area contributed by atoms with E-state index < -0.39 is 28.6 Å². The molecule has 0 aromatic rings. The van der Waals surface area contributed by atoms with Crippen LogP contribution < -0.4 is 0 Å². The highest BCUT2D eigenvalue weighted by atomic mass is 17.2. The monoisotopic (exact) mass is 406 g/mol. The largest absolute Gasteiger partial charge is 0.509 e. The molecule has 0 aliphatic rings. The molecule has 0 aliphatic carbocycles. The van der Waals surface area contributed by atoms with Crippen LogP contribution in [0, 0.1) is 0 Å². The Bertz CT molecular complexity index is 416. The highest BCUT2D eigenvalue weighted by Crippen LogP contribution is 2.21. The third-order valence-corrected chi connectivity index (χ3v) is 3.81. The lowest BCUT2D eigenvalue weighted by Crippen LogP contribution is -2.40. The van der Waals surface area contributed by atoms with E-state index in [-0.39, 0.29) is 13.2 Å². The van der Waals surface area contributed by atoms with Gasteiger partial charge in [-0.05, 0) is 68.2 Å². The molecule has 0 saturated carbocycles. The summed E-state index contributed by atoms with van der Waals surface area (Å²) in [5.74, 6) is 0. The molecule has 7 heteroatoms. The van der Waals surface area contributed by atoms with Gasteiger partial charge in [-0.2, -0.15) is 0 Å². The van der Waals surface area contributed by atoms with Crippen molar-refractivity contribution < 1.29 is 33.8 Å². The lowest BCUT2D eigenvalue weighted by molar-refractivity contribution is -0.370. The minimum Gasteiger partial charge on any atom is -0.426 e. The van der Waals surface area contributed by atoms with Crippen LogP contribution >= 0.6 is 0 Å². The zero-order valence-corrected chi connectivity index (χ0v) is 19.6. The maximum atomic E-state index is 12.2. The molecule has 0 aliphatic heterocycles. The van der Waals surface area contributed by atoms with E-state index in [1.807, 2.05) is 27.7 Å². The van der Waals surface area contributed by atoms with Crippen LogP contribution in [-0.2, 0) is 29.0 Å². The minimum atomic E-state index is -0.907. The van der Waals surface area contributed by atoms with E-state index in [9.17, 15) is 4.79 Å². The third-order valence-electron chi connectivity index (χ3n) is 3.81. The van der Waals surface area contributed by atoms with E-state index >= 15 is 0 Å². The van der Waals surface area contributed by atoms with Crippen molar-refractivity contribution in [1.29, 1.82) is 0 Å². The van der Waals surface area contributed by atoms with Gasteiger partial charge in [-0.15, -0.1) is 0 Å². The molecule has 0 aromatic heterocycles. The maximum Gasteiger partial charge on any atom is 0.509 e. The summed E-state index contributed by atoms with van der Waals surface area (Å²) in [7, 11) is 0. The van der Waals surface area contributed by atoms with Crippen molar-refractivity contribution in [1.82, 2.24) is 0 Å². The van der Waals surface area contributed by atoms with Crippen LogP contribution in [0.15, 0.2) is 0 Å². The summed E-state index contributed by atoms with van der Waals surface area (Å²) >= 11 is 0. The van der Waals surface area contributed by atoms with Gasteiger partial charge in [0.2, 0.25) is 0 Å². The number of carbonyl (C=O) groups excluding carboxylic acids is 1. The number of hydrogen-bond acceptors (Lipinski definition) is 7. The summed E-state index contributed by atoms with van der Waals surface area (Å²) < 4.78 is 10.7. The van der Waals surface area contributed by atoms with Gasteiger partial charge in [-0.1, -0.05) is 26.7 Å². The average molecular weight is 407 g/mol. The number of rotatable bonds is 14. The zero-order chi connectivity index (χ0) is 22.1. The van der Waals surface area contributed by atoms with Crippen molar-refractivity contribution in [2.24, 2.45) is 0 Å². The standard InChI is InChI=1S/C21H42O7/c1-11-13-18(3,4)27-23-15-20(7,8)25-17(22)26-21(9,10)16-24-28-19(5,6)14-12-2/h11-16H2,1-10H3. The van der Waals surface area contributed by atoms with Crippen molar-refractivity contribution in [3.05, 3.63) is 0 Å². The van der Waals surface area contributed by atoms with E-state index in [1.54, 1.807) is 27.7 Å². The van der Waals surface area contributed by atoms with Crippen LogP contribution in [0.3, 0.4) is 0 Å². The van der Waals surface area contributed by atoms with Gasteiger partial charge >= 0.3 is 6.16 Å². The van der Waals surface area contributed by atoms with E-state index in [0.717, 1.165) is 25.7 Å². The molecule has 0 fully saturated rings. The first kappa shape index (κ1) is 27.1. The van der Waals surface area contributed by atoms with E-state index in [1.165, 1.54) is 0 Å². The molecule has 0 spiro atoms. The quantitative estimate of drug-likeness (QED) is 0.206. The number of ether oxygens (including phenoxy) is 2. The summed E-state index contributed by atoms with van der Waals surface area (Å²) in [4.78, 5) is 33.6. The first-order valence-electron chi connectivity index (χ1n) is 10.2. The second-order valence-corrected chi connectivity index (χ2v) is 9.68. The molecule has 168 valence electrons. The van der Waals surface area contributed by atoms with Crippen LogP contribution in [0.4, 0.5) is 4.79 Å². The van der Waals surface area contributed by atoms with Gasteiger partial charge in [-0.3, -0.25) is 0 Å². The Morgan fingerprint density at radius 3 is 1.21 bits per heavy atom. The third kappa shape index (κ3) is 13.3. The summed E-state index contributed by atoms with van der Waals surface area (Å²) in [6.07, 6.45) is 2.89. The first-order chi connectivity index (χ1) is 12.6. The van der Waals surface area contributed by atoms with Crippen LogP contribution in [0.25, 0.3) is 0 Å². The molecule has 0 atom stereocenters. The minimum absolute atomic E-state index is 0.0838. The van der Waals surface area contributed by atoms with Crippen molar-refractivity contribution in [2.75, 3.05) is 13.2 Å². The fourth-order valence-electron chi connectivity index (χ4n) is 2.48. The lowest BCUT2D eigenvalue weighted by atomic mass is 10.0. The topological polar surface area (TPSA) is 72.5 Å². The van der Waals surface area contributed by atoms with Crippen LogP contribution in [0.1, 0.15) is 94.9 Å². The highest BCUT2D eigenvalue weighted by Gasteiger charge is 2.32. The average Bonchev–Trinajstić information content (AvgIpc) is 2.43. The molecule has 7 nitrogen and oxygen atoms in total. The smallest absolute Gasteiger partial charge is 0.426 e. The van der Waals surface area contributed by atoms with E-state index in [0.29, 0.717) is 0 Å². The van der Waals surface area contributed by atoms with Gasteiger partial charge in [-0.25, -0.2) is 24.3 Å². The van der Waals surface area contributed by atoms with Gasteiger partial charge in [0.25, 0.3) is 0 Å². The van der Waals surface area contributed by atoms with E-state index in [4.69, 9.17) is 29.0 Å². The molecule has 0 radical (unpaired) electrons. The SMILES string of the molecule is CCCC(C)(C)OOCC(C)(C)OC(=O)OC(C)(C)COOC(C)(C)CCC. The van der Waals surface area contributed by atoms with Gasteiger partial charge in [0.05, 0.1) is 11.2 Å². The lowest BCUT2D eigenvalue weighted by Gasteiger charge is -2.30. The Kier molecular flexibility index (Phi) is 11.0. The molecule has 0 heterocycles. The van der Waals surface area contributed by atoms with E-state index in [2.05, 4.69) is 13.8 Å². The van der Waals surface area contributed by atoms with Crippen molar-refractivity contribution in [2.45, 2.75) is 117 Å². The Hall–Kier alpha value is -0.890. The van der Waals surface area contributed by atoms with Crippen LogP contribution in [0.2, 0.25) is 0 Å². The molecule has 0 unspecified atom stereocenters. The van der Waals surface area contributed by atoms with Crippen molar-refractivity contribution in [3.63, 3.8) is 0 Å². The van der Waals surface area contributed by atoms with Crippen molar-refractivity contribution in [3.8, 4) is 0 Å². The predicted molar refractivity (Wildman–Crippen MR) is 108 cm³/mol. The van der Waals surface area contributed by atoms with Gasteiger partial charge in [0.1, 0.15) is 24.4 Å². The van der Waals surface area contributed by atoms with Gasteiger partial charge in [0, 0.05) is 0 Å². The Morgan fingerprint density at radius 2 is 0.929 bits per heavy atom. The maximum absolute atomic E-state index is 12.2. The van der Waals surface area contributed by atoms with Crippen LogP contribution in [-0.4, -0.2) is 41.8 Å². The summed E-state index contributed by atoms with van der Waals surface area (Å²) in [5, 5.41) is 0. The summed E-state index contributed by atoms with van der Waals surface area (Å²) in [6, 6.07) is 0. The van der Waals surface area contributed by atoms with Crippen molar-refractivity contribution >= 4 is 6.16 Å². The van der Waals surface area contributed by atoms with Crippen LogP contribution in [0.5, 0.6) is 0 Å². The molecule has 0 rings (SSSR count). The predicted octanol–water partition coefficient (Wildman–Crippen LogP) is 5.75. The molecule has 0 bridgehead atoms. The fourth-order valence-corrected chi connectivity index (χ4v) is 2.48. The second-order valence-electron chi connectivity index (χ2n) is 9.68. The molecule has 0 aromatic carbocycles. The summed E-state index contributed by atoms with van der Waals surface area (Å²) in [5.41, 5.74) is -2.60. The normalized spacial score (nSPS) is 13.5. The Balaban J connectivity index is 4.37. The molecule has 0 amide bonds. The molecular formula is C21H42O7. The molecule has 28 heavy (non-hydrogen) atoms. The zero-order valence-electron chi connectivity index (χ0n) is 19.6. The van der Waals surface area contributed by atoms with Gasteiger partial charge in [0.15, 0.2) is 0 Å². The second kappa shape index (κ2) is 11.3. The molecular weight excluding hydrogens is 364 g/mol.